The van der Waals surface area contributed by atoms with Gasteiger partial charge in [0.05, 0.1) is 4.92 Å². The Bertz CT molecular complexity index is 514. The van der Waals surface area contributed by atoms with Crippen LogP contribution >= 0.6 is 0 Å². The molecule has 0 spiro atoms. The van der Waals surface area contributed by atoms with E-state index in [4.69, 9.17) is 0 Å². The molecule has 6 heteroatoms. The van der Waals surface area contributed by atoms with Gasteiger partial charge in [-0.1, -0.05) is 19.8 Å². The van der Waals surface area contributed by atoms with Crippen LogP contribution in [0.4, 0.5) is 20.2 Å². The van der Waals surface area contributed by atoms with Gasteiger partial charge in [0.2, 0.25) is 0 Å². The molecule has 0 amide bonds. The van der Waals surface area contributed by atoms with Crippen LogP contribution in [0.3, 0.4) is 0 Å². The molecule has 0 radical (unpaired) electrons. The second kappa shape index (κ2) is 6.37. The molecule has 1 aliphatic rings. The van der Waals surface area contributed by atoms with Crippen LogP contribution in [0.25, 0.3) is 0 Å². The Kier molecular flexibility index (Phi) is 4.75. The summed E-state index contributed by atoms with van der Waals surface area (Å²) >= 11 is 0. The third-order valence-electron chi connectivity index (χ3n) is 4.55. The van der Waals surface area contributed by atoms with Gasteiger partial charge in [-0.2, -0.15) is 0 Å². The largest absolute Gasteiger partial charge is 0.384 e. The first-order chi connectivity index (χ1) is 9.97. The zero-order chi connectivity index (χ0) is 15.5. The van der Waals surface area contributed by atoms with Gasteiger partial charge in [0, 0.05) is 29.9 Å². The maximum atomic E-state index is 13.1. The number of non-ortho nitro benzene ring substituents is 1. The zero-order valence-electron chi connectivity index (χ0n) is 12.1. The molecule has 116 valence electrons. The fourth-order valence-corrected chi connectivity index (χ4v) is 3.07. The van der Waals surface area contributed by atoms with Gasteiger partial charge >= 0.3 is 0 Å². The van der Waals surface area contributed by atoms with Crippen LogP contribution in [0, 0.1) is 15.5 Å². The van der Waals surface area contributed by atoms with Gasteiger partial charge in [-0.05, 0) is 30.7 Å². The molecular formula is C15H20F2N2O2. The molecule has 0 saturated heterocycles. The Balaban J connectivity index is 2.17. The topological polar surface area (TPSA) is 55.2 Å². The van der Waals surface area contributed by atoms with Crippen LogP contribution in [0.15, 0.2) is 18.2 Å². The second-order valence-electron chi connectivity index (χ2n) is 5.74. The molecule has 21 heavy (non-hydrogen) atoms. The summed E-state index contributed by atoms with van der Waals surface area (Å²) in [6, 6.07) is 3.61. The van der Waals surface area contributed by atoms with Crippen molar-refractivity contribution in [2.24, 2.45) is 5.41 Å². The van der Waals surface area contributed by atoms with Crippen molar-refractivity contribution in [2.75, 3.05) is 11.9 Å². The normalized spacial score (nSPS) is 17.1. The van der Waals surface area contributed by atoms with Crippen molar-refractivity contribution in [1.82, 2.24) is 0 Å². The van der Waals surface area contributed by atoms with E-state index in [1.807, 2.05) is 0 Å². The molecule has 1 fully saturated rings. The first-order valence-corrected chi connectivity index (χ1v) is 7.28. The Morgan fingerprint density at radius 3 is 2.57 bits per heavy atom. The van der Waals surface area contributed by atoms with E-state index in [1.54, 1.807) is 0 Å². The summed E-state index contributed by atoms with van der Waals surface area (Å²) in [5, 5.41) is 13.8. The van der Waals surface area contributed by atoms with Gasteiger partial charge in [-0.3, -0.25) is 10.1 Å². The van der Waals surface area contributed by atoms with Crippen molar-refractivity contribution in [2.45, 2.75) is 45.5 Å². The molecule has 0 aliphatic heterocycles. The number of halogens is 2. The number of nitrogens with zero attached hydrogens (tertiary/aromatic N) is 1. The highest BCUT2D eigenvalue weighted by molar-refractivity contribution is 5.56. The van der Waals surface area contributed by atoms with Crippen molar-refractivity contribution >= 4 is 11.4 Å². The molecule has 1 aromatic carbocycles. The van der Waals surface area contributed by atoms with Crippen LogP contribution in [-0.4, -0.2) is 11.5 Å². The van der Waals surface area contributed by atoms with Crippen LogP contribution in [0.1, 0.15) is 51.0 Å². The van der Waals surface area contributed by atoms with E-state index < -0.39 is 11.3 Å². The van der Waals surface area contributed by atoms with Gasteiger partial charge in [-0.15, -0.1) is 0 Å². The third kappa shape index (κ3) is 3.49. The van der Waals surface area contributed by atoms with Crippen LogP contribution in [0.2, 0.25) is 0 Å². The van der Waals surface area contributed by atoms with Gasteiger partial charge in [0.15, 0.2) is 0 Å². The quantitative estimate of drug-likeness (QED) is 0.599. The fraction of sp³-hybridized carbons (Fsp3) is 0.600. The number of nitro groups is 1. The van der Waals surface area contributed by atoms with Crippen molar-refractivity contribution in [3.63, 3.8) is 0 Å². The molecule has 2 rings (SSSR count). The number of hydrogen-bond acceptors (Lipinski definition) is 3. The summed E-state index contributed by atoms with van der Waals surface area (Å²) in [7, 11) is 0. The predicted octanol–water partition coefficient (Wildman–Crippen LogP) is 4.91. The maximum Gasteiger partial charge on any atom is 0.270 e. The fourth-order valence-electron chi connectivity index (χ4n) is 3.07. The number of anilines is 1. The molecule has 1 aliphatic carbocycles. The Morgan fingerprint density at radius 2 is 2.05 bits per heavy atom. The minimum Gasteiger partial charge on any atom is -0.384 e. The molecule has 0 unspecified atom stereocenters. The average Bonchev–Trinajstić information content (AvgIpc) is 2.94. The summed E-state index contributed by atoms with van der Waals surface area (Å²) in [4.78, 5) is 10.0. The van der Waals surface area contributed by atoms with Crippen molar-refractivity contribution in [1.29, 1.82) is 0 Å². The zero-order valence-corrected chi connectivity index (χ0v) is 12.1. The average molecular weight is 298 g/mol. The van der Waals surface area contributed by atoms with Crippen molar-refractivity contribution in [3.05, 3.63) is 33.9 Å². The number of alkyl halides is 2. The van der Waals surface area contributed by atoms with Crippen LogP contribution in [0.5, 0.6) is 0 Å². The lowest BCUT2D eigenvalue weighted by atomic mass is 9.83. The van der Waals surface area contributed by atoms with E-state index in [0.717, 1.165) is 25.3 Å². The van der Waals surface area contributed by atoms with Gasteiger partial charge < -0.3 is 5.32 Å². The number of benzene rings is 1. The monoisotopic (exact) mass is 298 g/mol. The lowest BCUT2D eigenvalue weighted by Gasteiger charge is -2.28. The summed E-state index contributed by atoms with van der Waals surface area (Å²) in [5.41, 5.74) is -0.132. The van der Waals surface area contributed by atoms with E-state index >= 15 is 0 Å². The Labute approximate surface area is 122 Å². The number of hydrogen-bond donors (Lipinski definition) is 1. The predicted molar refractivity (Wildman–Crippen MR) is 77.7 cm³/mol. The number of rotatable bonds is 6. The molecule has 0 heterocycles. The lowest BCUT2D eigenvalue weighted by molar-refractivity contribution is -0.385. The van der Waals surface area contributed by atoms with E-state index in [1.165, 1.54) is 25.0 Å². The highest BCUT2D eigenvalue weighted by atomic mass is 19.3. The third-order valence-corrected chi connectivity index (χ3v) is 4.55. The van der Waals surface area contributed by atoms with E-state index in [0.29, 0.717) is 12.2 Å². The molecule has 1 saturated carbocycles. The highest BCUT2D eigenvalue weighted by Gasteiger charge is 2.32. The molecular weight excluding hydrogens is 278 g/mol. The molecule has 0 bridgehead atoms. The van der Waals surface area contributed by atoms with Gasteiger partial charge in [-0.25, -0.2) is 8.78 Å². The first-order valence-electron chi connectivity index (χ1n) is 7.28. The minimum atomic E-state index is -2.73. The number of nitro benzene ring substituents is 1. The second-order valence-corrected chi connectivity index (χ2v) is 5.74. The number of nitrogens with one attached hydrogen (secondary N) is 1. The maximum absolute atomic E-state index is 13.1. The summed E-state index contributed by atoms with van der Waals surface area (Å²) < 4.78 is 26.2. The van der Waals surface area contributed by atoms with Gasteiger partial charge in [0.1, 0.15) is 0 Å². The summed E-state index contributed by atoms with van der Waals surface area (Å²) in [6.45, 7) is 2.76. The van der Waals surface area contributed by atoms with E-state index in [2.05, 4.69) is 12.2 Å². The van der Waals surface area contributed by atoms with Crippen molar-refractivity contribution in [3.8, 4) is 0 Å². The molecule has 1 N–H and O–H groups in total. The molecule has 4 nitrogen and oxygen atoms in total. The standard InChI is InChI=1S/C15H20F2N2O2/c1-2-15(7-3-4-8-15)10-18-13-6-5-11(19(20)21)9-12(13)14(16)17/h5-6,9,14,18H,2-4,7-8,10H2,1H3. The molecule has 1 aromatic rings. The van der Waals surface area contributed by atoms with Gasteiger partial charge in [0.25, 0.3) is 12.1 Å². The van der Waals surface area contributed by atoms with Crippen LogP contribution in [-0.2, 0) is 0 Å². The smallest absolute Gasteiger partial charge is 0.270 e. The lowest BCUT2D eigenvalue weighted by Crippen LogP contribution is -2.26. The Hall–Kier alpha value is -1.72. The highest BCUT2D eigenvalue weighted by Crippen LogP contribution is 2.41. The minimum absolute atomic E-state index is 0.168. The summed E-state index contributed by atoms with van der Waals surface area (Å²) in [6.07, 6.45) is 2.85. The first kappa shape index (κ1) is 15.7. The summed E-state index contributed by atoms with van der Waals surface area (Å²) in [5.74, 6) is 0. The van der Waals surface area contributed by atoms with Crippen LogP contribution < -0.4 is 5.32 Å². The molecule has 0 atom stereocenters. The van der Waals surface area contributed by atoms with E-state index in [9.17, 15) is 18.9 Å². The van der Waals surface area contributed by atoms with Crippen molar-refractivity contribution < 1.29 is 13.7 Å². The van der Waals surface area contributed by atoms with E-state index in [-0.39, 0.29) is 16.7 Å². The molecule has 0 aromatic heterocycles. The Morgan fingerprint density at radius 1 is 1.38 bits per heavy atom. The SMILES string of the molecule is CCC1(CNc2ccc([N+](=O)[O-])cc2C(F)F)CCCC1.